The van der Waals surface area contributed by atoms with E-state index in [0.29, 0.717) is 24.2 Å². The summed E-state index contributed by atoms with van der Waals surface area (Å²) in [4.78, 5) is 24.6. The molecule has 0 saturated carbocycles. The summed E-state index contributed by atoms with van der Waals surface area (Å²) in [5.41, 5.74) is 0.424. The molecule has 2 rings (SSSR count). The zero-order chi connectivity index (χ0) is 16.7. The summed E-state index contributed by atoms with van der Waals surface area (Å²) in [6.07, 6.45) is 1.07. The highest BCUT2D eigenvalue weighted by atomic mass is 16.7. The molecule has 5 heteroatoms. The van der Waals surface area contributed by atoms with Gasteiger partial charge in [-0.15, -0.1) is 0 Å². The molecule has 2 aliphatic rings. The van der Waals surface area contributed by atoms with E-state index in [2.05, 4.69) is 0 Å². The fraction of sp³-hybridized carbons (Fsp3) is 0.765. The standard InChI is InChI=1S/C17H26O5/c1-6-21-15(19)17(20)7-11(10(2)3)14-12(18)8-16(4,5)9-13(14)22-17/h10-11,20H,6-9H2,1-5H3/t11-,17?/m1/s1. The van der Waals surface area contributed by atoms with Gasteiger partial charge in [-0.05, 0) is 24.2 Å². The first-order valence-electron chi connectivity index (χ1n) is 7.94. The number of carbonyl (C=O) groups excluding carboxylic acids is 2. The number of carbonyl (C=O) groups is 2. The molecule has 0 radical (unpaired) electrons. The Hall–Kier alpha value is -1.36. The van der Waals surface area contributed by atoms with E-state index >= 15 is 0 Å². The minimum absolute atomic E-state index is 0.0640. The van der Waals surface area contributed by atoms with Gasteiger partial charge in [0.25, 0.3) is 0 Å². The molecule has 0 amide bonds. The Kier molecular flexibility index (Phi) is 4.39. The number of esters is 1. The van der Waals surface area contributed by atoms with Crippen molar-refractivity contribution in [2.24, 2.45) is 17.3 Å². The van der Waals surface area contributed by atoms with Gasteiger partial charge in [0.1, 0.15) is 5.76 Å². The minimum Gasteiger partial charge on any atom is -0.461 e. The lowest BCUT2D eigenvalue weighted by atomic mass is 9.69. The number of ketones is 1. The van der Waals surface area contributed by atoms with E-state index in [9.17, 15) is 14.7 Å². The van der Waals surface area contributed by atoms with Crippen LogP contribution in [0.2, 0.25) is 0 Å². The third-order valence-corrected chi connectivity index (χ3v) is 4.44. The van der Waals surface area contributed by atoms with Gasteiger partial charge in [0.2, 0.25) is 0 Å². The van der Waals surface area contributed by atoms with Gasteiger partial charge in [0.15, 0.2) is 5.78 Å². The van der Waals surface area contributed by atoms with Gasteiger partial charge in [-0.3, -0.25) is 4.79 Å². The first-order chi connectivity index (χ1) is 10.1. The van der Waals surface area contributed by atoms with E-state index in [4.69, 9.17) is 9.47 Å². The van der Waals surface area contributed by atoms with Crippen molar-refractivity contribution in [3.63, 3.8) is 0 Å². The molecule has 124 valence electrons. The maximum atomic E-state index is 12.5. The highest BCUT2D eigenvalue weighted by Crippen LogP contribution is 2.48. The van der Waals surface area contributed by atoms with Gasteiger partial charge in [0.05, 0.1) is 6.61 Å². The number of allylic oxidation sites excluding steroid dienone is 2. The number of rotatable bonds is 3. The van der Waals surface area contributed by atoms with Crippen LogP contribution < -0.4 is 0 Å². The van der Waals surface area contributed by atoms with Gasteiger partial charge in [-0.1, -0.05) is 27.7 Å². The van der Waals surface area contributed by atoms with E-state index < -0.39 is 11.8 Å². The van der Waals surface area contributed by atoms with Gasteiger partial charge < -0.3 is 14.6 Å². The highest BCUT2D eigenvalue weighted by Gasteiger charge is 2.52. The van der Waals surface area contributed by atoms with E-state index in [1.165, 1.54) is 0 Å². The van der Waals surface area contributed by atoms with Crippen LogP contribution in [0.25, 0.3) is 0 Å². The minimum atomic E-state index is -1.99. The number of hydrogen-bond acceptors (Lipinski definition) is 5. The van der Waals surface area contributed by atoms with Crippen molar-refractivity contribution in [2.45, 2.75) is 59.7 Å². The number of aliphatic hydroxyl groups is 1. The summed E-state index contributed by atoms with van der Waals surface area (Å²) in [6.45, 7) is 9.80. The zero-order valence-corrected chi connectivity index (χ0v) is 14.1. The highest BCUT2D eigenvalue weighted by molar-refractivity contribution is 5.98. The smallest absolute Gasteiger partial charge is 0.379 e. The third-order valence-electron chi connectivity index (χ3n) is 4.44. The molecule has 1 unspecified atom stereocenters. The molecule has 1 aliphatic heterocycles. The van der Waals surface area contributed by atoms with Crippen LogP contribution in [0.15, 0.2) is 11.3 Å². The normalized spacial score (nSPS) is 30.9. The molecule has 1 aliphatic carbocycles. The second-order valence-corrected chi connectivity index (χ2v) is 7.44. The summed E-state index contributed by atoms with van der Waals surface area (Å²) < 4.78 is 10.6. The molecule has 0 aromatic carbocycles. The van der Waals surface area contributed by atoms with Crippen LogP contribution in [0.3, 0.4) is 0 Å². The van der Waals surface area contributed by atoms with Crippen LogP contribution in [-0.4, -0.2) is 29.3 Å². The molecule has 2 atom stereocenters. The Morgan fingerprint density at radius 2 is 2.05 bits per heavy atom. The van der Waals surface area contributed by atoms with Gasteiger partial charge >= 0.3 is 11.8 Å². The molecule has 5 nitrogen and oxygen atoms in total. The van der Waals surface area contributed by atoms with E-state index in [0.717, 1.165) is 0 Å². The fourth-order valence-electron chi connectivity index (χ4n) is 3.37. The second-order valence-electron chi connectivity index (χ2n) is 7.44. The zero-order valence-electron chi connectivity index (χ0n) is 14.1. The van der Waals surface area contributed by atoms with Crippen molar-refractivity contribution in [3.8, 4) is 0 Å². The van der Waals surface area contributed by atoms with Crippen LogP contribution in [0.1, 0.15) is 53.9 Å². The molecule has 0 fully saturated rings. The number of hydrogen-bond donors (Lipinski definition) is 1. The molecule has 0 aromatic heterocycles. The molecule has 1 heterocycles. The van der Waals surface area contributed by atoms with Crippen LogP contribution in [0, 0.1) is 17.3 Å². The third kappa shape index (κ3) is 3.05. The van der Waals surface area contributed by atoms with E-state index in [1.54, 1.807) is 6.92 Å². The lowest BCUT2D eigenvalue weighted by Crippen LogP contribution is -2.50. The van der Waals surface area contributed by atoms with Crippen molar-refractivity contribution in [1.82, 2.24) is 0 Å². The Morgan fingerprint density at radius 3 is 2.59 bits per heavy atom. The van der Waals surface area contributed by atoms with Crippen molar-refractivity contribution in [2.75, 3.05) is 6.61 Å². The van der Waals surface area contributed by atoms with Crippen molar-refractivity contribution in [1.29, 1.82) is 0 Å². The van der Waals surface area contributed by atoms with Crippen molar-refractivity contribution in [3.05, 3.63) is 11.3 Å². The van der Waals surface area contributed by atoms with Crippen molar-refractivity contribution >= 4 is 11.8 Å². The molecule has 0 spiro atoms. The van der Waals surface area contributed by atoms with Crippen LogP contribution in [0.5, 0.6) is 0 Å². The van der Waals surface area contributed by atoms with Crippen LogP contribution >= 0.6 is 0 Å². The van der Waals surface area contributed by atoms with E-state index in [1.807, 2.05) is 27.7 Å². The number of Topliss-reactive ketones (excluding diaryl/α,β-unsaturated/α-hetero) is 1. The molecular formula is C17H26O5. The molecule has 22 heavy (non-hydrogen) atoms. The second kappa shape index (κ2) is 5.69. The molecule has 0 saturated heterocycles. The van der Waals surface area contributed by atoms with Crippen LogP contribution in [-0.2, 0) is 19.1 Å². The molecular weight excluding hydrogens is 284 g/mol. The predicted molar refractivity (Wildman–Crippen MR) is 80.7 cm³/mol. The Morgan fingerprint density at radius 1 is 1.41 bits per heavy atom. The maximum absolute atomic E-state index is 12.5. The summed E-state index contributed by atoms with van der Waals surface area (Å²) in [6, 6.07) is 0. The Labute approximate surface area is 131 Å². The van der Waals surface area contributed by atoms with Gasteiger partial charge in [-0.25, -0.2) is 4.79 Å². The number of ether oxygens (including phenoxy) is 2. The van der Waals surface area contributed by atoms with Crippen molar-refractivity contribution < 1.29 is 24.2 Å². The average Bonchev–Trinajstić information content (AvgIpc) is 2.35. The monoisotopic (exact) mass is 310 g/mol. The predicted octanol–water partition coefficient (Wildman–Crippen LogP) is 2.57. The maximum Gasteiger partial charge on any atom is 0.379 e. The topological polar surface area (TPSA) is 72.8 Å². The van der Waals surface area contributed by atoms with Gasteiger partial charge in [-0.2, -0.15) is 0 Å². The Balaban J connectivity index is 2.43. The summed E-state index contributed by atoms with van der Waals surface area (Å²) in [7, 11) is 0. The summed E-state index contributed by atoms with van der Waals surface area (Å²) in [5, 5.41) is 10.6. The largest absolute Gasteiger partial charge is 0.461 e. The summed E-state index contributed by atoms with van der Waals surface area (Å²) >= 11 is 0. The SMILES string of the molecule is CCOC(=O)C1(O)C[C@H](C(C)C)C2=C(CC(C)(C)CC2=O)O1. The average molecular weight is 310 g/mol. The first-order valence-corrected chi connectivity index (χ1v) is 7.94. The fourth-order valence-corrected chi connectivity index (χ4v) is 3.37. The Bertz CT molecular complexity index is 517. The molecule has 0 aromatic rings. The van der Waals surface area contributed by atoms with E-state index in [-0.39, 0.29) is 36.1 Å². The van der Waals surface area contributed by atoms with Gasteiger partial charge in [0, 0.05) is 24.8 Å². The lowest BCUT2D eigenvalue weighted by Gasteiger charge is -2.43. The first kappa shape index (κ1) is 17.0. The molecule has 0 bridgehead atoms. The van der Waals surface area contributed by atoms with Crippen LogP contribution in [0.4, 0.5) is 0 Å². The summed E-state index contributed by atoms with van der Waals surface area (Å²) in [5.74, 6) is -2.31. The quantitative estimate of drug-likeness (QED) is 0.811. The molecule has 1 N–H and O–H groups in total. The lowest BCUT2D eigenvalue weighted by molar-refractivity contribution is -0.229.